The third kappa shape index (κ3) is 6.31. The second-order valence-electron chi connectivity index (χ2n) is 6.68. The van der Waals surface area contributed by atoms with Crippen molar-refractivity contribution in [3.63, 3.8) is 0 Å². The molecule has 0 radical (unpaired) electrons. The lowest BCUT2D eigenvalue weighted by Gasteiger charge is -2.23. The van der Waals surface area contributed by atoms with E-state index in [4.69, 9.17) is 4.52 Å². The highest BCUT2D eigenvalue weighted by Gasteiger charge is 2.34. The molecule has 0 aliphatic carbocycles. The Balaban J connectivity index is 3.13. The van der Waals surface area contributed by atoms with Gasteiger partial charge in [-0.25, -0.2) is 8.42 Å². The lowest BCUT2D eigenvalue weighted by Crippen LogP contribution is -2.48. The minimum absolute atomic E-state index is 0.102. The predicted molar refractivity (Wildman–Crippen MR) is 101 cm³/mol. The van der Waals surface area contributed by atoms with Crippen molar-refractivity contribution in [3.8, 4) is 0 Å². The van der Waals surface area contributed by atoms with Gasteiger partial charge in [0.25, 0.3) is 0 Å². The van der Waals surface area contributed by atoms with Crippen molar-refractivity contribution in [2.75, 3.05) is 13.1 Å². The van der Waals surface area contributed by atoms with Crippen LogP contribution >= 0.6 is 0 Å². The van der Waals surface area contributed by atoms with E-state index in [2.05, 4.69) is 15.8 Å². The first-order chi connectivity index (χ1) is 12.5. The van der Waals surface area contributed by atoms with Crippen molar-refractivity contribution in [2.45, 2.75) is 71.4 Å². The van der Waals surface area contributed by atoms with E-state index in [0.717, 1.165) is 4.31 Å². The lowest BCUT2D eigenvalue weighted by atomic mass is 10.2. The molecule has 2 amide bonds. The summed E-state index contributed by atoms with van der Waals surface area (Å²) >= 11 is 0. The van der Waals surface area contributed by atoms with Gasteiger partial charge in [-0.1, -0.05) is 19.0 Å². The Kier molecular flexibility index (Phi) is 8.42. The number of aromatic nitrogens is 1. The minimum atomic E-state index is -4.14. The van der Waals surface area contributed by atoms with Gasteiger partial charge in [-0.15, -0.1) is 0 Å². The summed E-state index contributed by atoms with van der Waals surface area (Å²) in [7, 11) is -4.14. The number of hydrogen-bond acceptors (Lipinski definition) is 6. The van der Waals surface area contributed by atoms with Gasteiger partial charge < -0.3 is 15.2 Å². The molecule has 27 heavy (non-hydrogen) atoms. The van der Waals surface area contributed by atoms with E-state index < -0.39 is 34.9 Å². The van der Waals surface area contributed by atoms with Gasteiger partial charge in [0.2, 0.25) is 21.8 Å². The molecule has 154 valence electrons. The Morgan fingerprint density at radius 1 is 1.04 bits per heavy atom. The van der Waals surface area contributed by atoms with E-state index in [1.54, 1.807) is 0 Å². The van der Waals surface area contributed by atoms with Gasteiger partial charge in [0.1, 0.15) is 10.6 Å². The zero-order valence-corrected chi connectivity index (χ0v) is 17.6. The number of nitrogens with one attached hydrogen (secondary N) is 2. The topological polar surface area (TPSA) is 122 Å². The molecule has 9 nitrogen and oxygen atoms in total. The number of nitrogens with zero attached hydrogens (tertiary/aromatic N) is 2. The van der Waals surface area contributed by atoms with Crippen LogP contribution in [-0.4, -0.2) is 54.9 Å². The molecular formula is C17H30N4O5S. The standard InChI is InChI=1S/C17H30N4O5S/c1-7-11(3)18-15(22)9-21(10-16(23)19-12(4)8-2)27(24,25)17-13(5)20-26-14(17)6/h11-12H,7-10H2,1-6H3,(H,18,22)(H,19,23)/t11-,12-/m0/s1. The third-order valence-electron chi connectivity index (χ3n) is 4.25. The Morgan fingerprint density at radius 2 is 1.48 bits per heavy atom. The molecule has 0 saturated carbocycles. The summed E-state index contributed by atoms with van der Waals surface area (Å²) < 4.78 is 32.0. The Morgan fingerprint density at radius 3 is 1.81 bits per heavy atom. The highest BCUT2D eigenvalue weighted by Crippen LogP contribution is 2.23. The van der Waals surface area contributed by atoms with Gasteiger partial charge in [-0.05, 0) is 40.5 Å². The van der Waals surface area contributed by atoms with Crippen LogP contribution in [0.25, 0.3) is 0 Å². The molecule has 2 atom stereocenters. The fraction of sp³-hybridized carbons (Fsp3) is 0.706. The molecule has 2 N–H and O–H groups in total. The highest BCUT2D eigenvalue weighted by atomic mass is 32.2. The SMILES string of the molecule is CC[C@H](C)NC(=O)CN(CC(=O)N[C@@H](C)CC)S(=O)(=O)c1c(C)noc1C. The Labute approximate surface area is 160 Å². The number of amides is 2. The van der Waals surface area contributed by atoms with E-state index in [1.165, 1.54) is 13.8 Å². The number of carbonyl (C=O) groups excluding carboxylic acids is 2. The minimum Gasteiger partial charge on any atom is -0.360 e. The number of aryl methyl sites for hydroxylation is 2. The largest absolute Gasteiger partial charge is 0.360 e. The molecule has 0 aliphatic heterocycles. The predicted octanol–water partition coefficient (Wildman–Crippen LogP) is 1.11. The van der Waals surface area contributed by atoms with Crippen LogP contribution < -0.4 is 10.6 Å². The van der Waals surface area contributed by atoms with Crippen LogP contribution in [-0.2, 0) is 19.6 Å². The number of rotatable bonds is 10. The highest BCUT2D eigenvalue weighted by molar-refractivity contribution is 7.89. The van der Waals surface area contributed by atoms with Crippen molar-refractivity contribution in [1.29, 1.82) is 0 Å². The first-order valence-corrected chi connectivity index (χ1v) is 10.5. The molecule has 1 aromatic heterocycles. The number of sulfonamides is 1. The maximum Gasteiger partial charge on any atom is 0.249 e. The van der Waals surface area contributed by atoms with Gasteiger partial charge in [0.05, 0.1) is 13.1 Å². The zero-order valence-electron chi connectivity index (χ0n) is 16.8. The van der Waals surface area contributed by atoms with E-state index >= 15 is 0 Å². The Bertz CT molecular complexity index is 714. The van der Waals surface area contributed by atoms with Crippen LogP contribution in [0.2, 0.25) is 0 Å². The number of hydrogen-bond donors (Lipinski definition) is 2. The second kappa shape index (κ2) is 9.84. The molecule has 1 aromatic rings. The molecule has 1 heterocycles. The van der Waals surface area contributed by atoms with Crippen molar-refractivity contribution in [3.05, 3.63) is 11.5 Å². The summed E-state index contributed by atoms with van der Waals surface area (Å²) in [6.45, 7) is 9.49. The third-order valence-corrected chi connectivity index (χ3v) is 6.28. The van der Waals surface area contributed by atoms with Crippen LogP contribution in [0.3, 0.4) is 0 Å². The second-order valence-corrected chi connectivity index (χ2v) is 8.55. The fourth-order valence-electron chi connectivity index (χ4n) is 2.36. The molecule has 0 unspecified atom stereocenters. The van der Waals surface area contributed by atoms with Crippen LogP contribution in [0.15, 0.2) is 9.42 Å². The normalized spacial score (nSPS) is 14.0. The van der Waals surface area contributed by atoms with Crippen molar-refractivity contribution in [2.24, 2.45) is 0 Å². The van der Waals surface area contributed by atoms with Gasteiger partial charge in [0, 0.05) is 12.1 Å². The van der Waals surface area contributed by atoms with Crippen molar-refractivity contribution < 1.29 is 22.5 Å². The van der Waals surface area contributed by atoms with E-state index in [1.807, 2.05) is 27.7 Å². The zero-order chi connectivity index (χ0) is 20.8. The van der Waals surface area contributed by atoms with Gasteiger partial charge in [-0.3, -0.25) is 9.59 Å². The first kappa shape index (κ1) is 23.1. The Hall–Kier alpha value is -1.94. The maximum absolute atomic E-state index is 13.1. The lowest BCUT2D eigenvalue weighted by molar-refractivity contribution is -0.124. The average molecular weight is 403 g/mol. The quantitative estimate of drug-likeness (QED) is 0.605. The van der Waals surface area contributed by atoms with E-state index in [-0.39, 0.29) is 28.4 Å². The summed E-state index contributed by atoms with van der Waals surface area (Å²) in [5.41, 5.74) is 0.183. The van der Waals surface area contributed by atoms with Crippen LogP contribution in [0.5, 0.6) is 0 Å². The van der Waals surface area contributed by atoms with E-state index in [9.17, 15) is 18.0 Å². The summed E-state index contributed by atoms with van der Waals surface area (Å²) in [4.78, 5) is 24.4. The van der Waals surface area contributed by atoms with E-state index in [0.29, 0.717) is 12.8 Å². The molecule has 0 aromatic carbocycles. The first-order valence-electron chi connectivity index (χ1n) is 9.04. The molecule has 1 rings (SSSR count). The van der Waals surface area contributed by atoms with Gasteiger partial charge in [-0.2, -0.15) is 4.31 Å². The van der Waals surface area contributed by atoms with Gasteiger partial charge >= 0.3 is 0 Å². The molecule has 0 spiro atoms. The van der Waals surface area contributed by atoms with Crippen LogP contribution in [0.1, 0.15) is 52.0 Å². The molecule has 0 saturated heterocycles. The summed E-state index contributed by atoms with van der Waals surface area (Å²) in [5, 5.41) is 9.10. The van der Waals surface area contributed by atoms with Crippen molar-refractivity contribution >= 4 is 21.8 Å². The summed E-state index contributed by atoms with van der Waals surface area (Å²) in [5.74, 6) is -0.839. The van der Waals surface area contributed by atoms with Gasteiger partial charge in [0.15, 0.2) is 5.76 Å². The molecule has 10 heteroatoms. The summed E-state index contributed by atoms with van der Waals surface area (Å²) in [6, 6.07) is -0.204. The monoisotopic (exact) mass is 402 g/mol. The molecule has 0 bridgehead atoms. The van der Waals surface area contributed by atoms with Crippen molar-refractivity contribution in [1.82, 2.24) is 20.1 Å². The number of carbonyl (C=O) groups is 2. The smallest absolute Gasteiger partial charge is 0.249 e. The molecule has 0 fully saturated rings. The molecular weight excluding hydrogens is 372 g/mol. The maximum atomic E-state index is 13.1. The average Bonchev–Trinajstić information content (AvgIpc) is 2.92. The fourth-order valence-corrected chi connectivity index (χ4v) is 4.01. The molecule has 0 aliphatic rings. The van der Waals surface area contributed by atoms with Crippen LogP contribution in [0.4, 0.5) is 0 Å². The van der Waals surface area contributed by atoms with Crippen LogP contribution in [0, 0.1) is 13.8 Å². The summed E-state index contributed by atoms with van der Waals surface area (Å²) in [6.07, 6.45) is 1.41.